The van der Waals surface area contributed by atoms with Gasteiger partial charge < -0.3 is 5.32 Å². The minimum absolute atomic E-state index is 0.777. The fraction of sp³-hybridized carbons (Fsp3) is 0.684. The molecule has 114 valence electrons. The van der Waals surface area contributed by atoms with Gasteiger partial charge in [-0.3, -0.25) is 4.90 Å². The zero-order chi connectivity index (χ0) is 14.1. The smallest absolute Gasteiger partial charge is 0.0233 e. The van der Waals surface area contributed by atoms with Crippen molar-refractivity contribution in [1.29, 1.82) is 0 Å². The molecule has 1 aliphatic heterocycles. The van der Waals surface area contributed by atoms with Crippen LogP contribution in [0.25, 0.3) is 0 Å². The summed E-state index contributed by atoms with van der Waals surface area (Å²) in [6, 6.07) is 10.2. The lowest BCUT2D eigenvalue weighted by Crippen LogP contribution is -2.42. The van der Waals surface area contributed by atoms with Crippen molar-refractivity contribution in [3.63, 3.8) is 0 Å². The van der Waals surface area contributed by atoms with E-state index in [9.17, 15) is 0 Å². The second-order valence-electron chi connectivity index (χ2n) is 7.42. The van der Waals surface area contributed by atoms with Gasteiger partial charge >= 0.3 is 0 Å². The average Bonchev–Trinajstić information content (AvgIpc) is 3.40. The number of piperidine rings is 1. The van der Waals surface area contributed by atoms with Crippen LogP contribution in [0.1, 0.15) is 55.6 Å². The van der Waals surface area contributed by atoms with Crippen LogP contribution in [0.2, 0.25) is 0 Å². The van der Waals surface area contributed by atoms with E-state index in [4.69, 9.17) is 0 Å². The van der Waals surface area contributed by atoms with E-state index in [0.717, 1.165) is 24.4 Å². The molecule has 0 aromatic heterocycles. The average molecular weight is 284 g/mol. The highest BCUT2D eigenvalue weighted by Crippen LogP contribution is 2.39. The van der Waals surface area contributed by atoms with E-state index >= 15 is 0 Å². The molecule has 1 N–H and O–H groups in total. The highest BCUT2D eigenvalue weighted by atomic mass is 15.1. The van der Waals surface area contributed by atoms with Gasteiger partial charge in [0.2, 0.25) is 0 Å². The van der Waals surface area contributed by atoms with Crippen LogP contribution >= 0.6 is 0 Å². The van der Waals surface area contributed by atoms with E-state index in [-0.39, 0.29) is 0 Å². The maximum Gasteiger partial charge on any atom is 0.0233 e. The highest BCUT2D eigenvalue weighted by molar-refractivity contribution is 5.28. The largest absolute Gasteiger partial charge is 0.314 e. The third kappa shape index (κ3) is 3.87. The third-order valence-electron chi connectivity index (χ3n) is 5.41. The van der Waals surface area contributed by atoms with E-state index in [1.54, 1.807) is 5.56 Å². The lowest BCUT2D eigenvalue weighted by molar-refractivity contribution is 0.190. The maximum atomic E-state index is 3.77. The molecule has 0 radical (unpaired) electrons. The fourth-order valence-electron chi connectivity index (χ4n) is 3.52. The van der Waals surface area contributed by atoms with Crippen LogP contribution in [0.15, 0.2) is 24.3 Å². The summed E-state index contributed by atoms with van der Waals surface area (Å²) in [5, 5.41) is 3.77. The monoisotopic (exact) mass is 284 g/mol. The standard InChI is InChI=1S/C19H28N2/c1-2-15(1)13-20-19-9-11-21(12-10-19)14-16-3-5-17(6-4-16)18-7-8-18/h3-6,15,18-20H,1-2,7-14H2. The van der Waals surface area contributed by atoms with Crippen molar-refractivity contribution in [3.8, 4) is 0 Å². The van der Waals surface area contributed by atoms with Gasteiger partial charge in [-0.1, -0.05) is 24.3 Å². The third-order valence-corrected chi connectivity index (χ3v) is 5.41. The Morgan fingerprint density at radius 3 is 2.24 bits per heavy atom. The first-order valence-corrected chi connectivity index (χ1v) is 8.91. The maximum absolute atomic E-state index is 3.77. The zero-order valence-electron chi connectivity index (χ0n) is 13.1. The first-order chi connectivity index (χ1) is 10.4. The molecule has 0 amide bonds. The van der Waals surface area contributed by atoms with Crippen molar-refractivity contribution in [2.75, 3.05) is 19.6 Å². The Bertz CT molecular complexity index is 451. The van der Waals surface area contributed by atoms with Crippen LogP contribution in [0.4, 0.5) is 0 Å². The van der Waals surface area contributed by atoms with Crippen LogP contribution in [-0.2, 0) is 6.54 Å². The lowest BCUT2D eigenvalue weighted by Gasteiger charge is -2.32. The second kappa shape index (κ2) is 6.10. The van der Waals surface area contributed by atoms with Gasteiger partial charge in [-0.2, -0.15) is 0 Å². The lowest BCUT2D eigenvalue weighted by atomic mass is 10.0. The molecule has 0 unspecified atom stereocenters. The van der Waals surface area contributed by atoms with Crippen molar-refractivity contribution in [2.45, 2.75) is 57.0 Å². The molecule has 21 heavy (non-hydrogen) atoms. The summed E-state index contributed by atoms with van der Waals surface area (Å²) in [5.41, 5.74) is 3.05. The van der Waals surface area contributed by atoms with Crippen molar-refractivity contribution >= 4 is 0 Å². The normalized spacial score (nSPS) is 24.4. The Labute approximate surface area is 128 Å². The predicted octanol–water partition coefficient (Wildman–Crippen LogP) is 3.53. The van der Waals surface area contributed by atoms with Crippen LogP contribution in [0.5, 0.6) is 0 Å². The highest BCUT2D eigenvalue weighted by Gasteiger charge is 2.25. The summed E-state index contributed by atoms with van der Waals surface area (Å²) in [6.45, 7) is 4.92. The molecule has 4 rings (SSSR count). The molecule has 1 saturated heterocycles. The van der Waals surface area contributed by atoms with Gasteiger partial charge in [-0.25, -0.2) is 0 Å². The van der Waals surface area contributed by atoms with E-state index in [2.05, 4.69) is 34.5 Å². The summed E-state index contributed by atoms with van der Waals surface area (Å²) in [4.78, 5) is 2.63. The Kier molecular flexibility index (Phi) is 4.00. The summed E-state index contributed by atoms with van der Waals surface area (Å²) >= 11 is 0. The Morgan fingerprint density at radius 1 is 0.905 bits per heavy atom. The van der Waals surface area contributed by atoms with Crippen LogP contribution in [-0.4, -0.2) is 30.6 Å². The van der Waals surface area contributed by atoms with Gasteiger partial charge in [-0.05, 0) is 81.1 Å². The summed E-state index contributed by atoms with van der Waals surface area (Å²) in [5.74, 6) is 1.89. The molecule has 2 saturated carbocycles. The van der Waals surface area contributed by atoms with Crippen molar-refractivity contribution < 1.29 is 0 Å². The molecule has 3 aliphatic rings. The van der Waals surface area contributed by atoms with E-state index in [1.165, 1.54) is 63.7 Å². The molecule has 2 aliphatic carbocycles. The first-order valence-electron chi connectivity index (χ1n) is 8.91. The molecule has 2 heteroatoms. The van der Waals surface area contributed by atoms with Gasteiger partial charge in [0.1, 0.15) is 0 Å². The van der Waals surface area contributed by atoms with E-state index in [0.29, 0.717) is 0 Å². The molecule has 0 spiro atoms. The van der Waals surface area contributed by atoms with Crippen LogP contribution < -0.4 is 5.32 Å². The van der Waals surface area contributed by atoms with E-state index < -0.39 is 0 Å². The van der Waals surface area contributed by atoms with Gasteiger partial charge in [0, 0.05) is 12.6 Å². The Morgan fingerprint density at radius 2 is 1.62 bits per heavy atom. The number of benzene rings is 1. The zero-order valence-corrected chi connectivity index (χ0v) is 13.1. The molecule has 1 aromatic rings. The van der Waals surface area contributed by atoms with Crippen molar-refractivity contribution in [3.05, 3.63) is 35.4 Å². The molecule has 3 fully saturated rings. The number of hydrogen-bond donors (Lipinski definition) is 1. The number of nitrogens with one attached hydrogen (secondary N) is 1. The molecular formula is C19H28N2. The van der Waals surface area contributed by atoms with Crippen LogP contribution in [0.3, 0.4) is 0 Å². The number of hydrogen-bond acceptors (Lipinski definition) is 2. The quantitative estimate of drug-likeness (QED) is 0.859. The summed E-state index contributed by atoms with van der Waals surface area (Å²) in [6.07, 6.45) is 8.38. The molecule has 0 atom stereocenters. The molecule has 1 aromatic carbocycles. The van der Waals surface area contributed by atoms with E-state index in [1.807, 2.05) is 0 Å². The van der Waals surface area contributed by atoms with Gasteiger partial charge in [-0.15, -0.1) is 0 Å². The Hall–Kier alpha value is -0.860. The summed E-state index contributed by atoms with van der Waals surface area (Å²) < 4.78 is 0. The molecule has 2 nitrogen and oxygen atoms in total. The van der Waals surface area contributed by atoms with Gasteiger partial charge in [0.25, 0.3) is 0 Å². The minimum Gasteiger partial charge on any atom is -0.314 e. The second-order valence-corrected chi connectivity index (χ2v) is 7.42. The molecule has 0 bridgehead atoms. The number of likely N-dealkylation sites (tertiary alicyclic amines) is 1. The SMILES string of the molecule is c1cc(C2CC2)ccc1CN1CCC(NCC2CC2)CC1. The van der Waals surface area contributed by atoms with Gasteiger partial charge in [0.15, 0.2) is 0 Å². The number of rotatable bonds is 6. The molecular weight excluding hydrogens is 256 g/mol. The first kappa shape index (κ1) is 13.8. The van der Waals surface area contributed by atoms with Crippen molar-refractivity contribution in [2.24, 2.45) is 5.92 Å². The van der Waals surface area contributed by atoms with Crippen molar-refractivity contribution in [1.82, 2.24) is 10.2 Å². The van der Waals surface area contributed by atoms with Gasteiger partial charge in [0.05, 0.1) is 0 Å². The Balaban J connectivity index is 1.22. The van der Waals surface area contributed by atoms with Crippen LogP contribution in [0, 0.1) is 5.92 Å². The molecule has 1 heterocycles. The summed E-state index contributed by atoms with van der Waals surface area (Å²) in [7, 11) is 0. The fourth-order valence-corrected chi connectivity index (χ4v) is 3.52. The minimum atomic E-state index is 0.777. The topological polar surface area (TPSA) is 15.3 Å². The predicted molar refractivity (Wildman–Crippen MR) is 87.4 cm³/mol. The number of nitrogens with zero attached hydrogens (tertiary/aromatic N) is 1.